The zero-order valence-corrected chi connectivity index (χ0v) is 15.3. The predicted octanol–water partition coefficient (Wildman–Crippen LogP) is -1.79. The molecule has 0 aliphatic heterocycles. The third kappa shape index (κ3) is 4.04. The van der Waals surface area contributed by atoms with Crippen LogP contribution in [0.15, 0.2) is 15.9 Å². The van der Waals surface area contributed by atoms with Gasteiger partial charge in [0.2, 0.25) is 0 Å². The van der Waals surface area contributed by atoms with E-state index in [0.717, 1.165) is 4.57 Å². The number of hydrogen-bond acceptors (Lipinski definition) is 7. The number of nitrogens with one attached hydrogen (secondary N) is 2. The van der Waals surface area contributed by atoms with Gasteiger partial charge in [-0.15, -0.1) is 0 Å². The number of imide groups is 1. The lowest BCUT2D eigenvalue weighted by molar-refractivity contribution is -0.155. The highest BCUT2D eigenvalue weighted by molar-refractivity contribution is 5.97. The first kappa shape index (κ1) is 19.9. The monoisotopic (exact) mass is 380 g/mol. The van der Waals surface area contributed by atoms with Crippen LogP contribution in [0.25, 0.3) is 11.2 Å². The van der Waals surface area contributed by atoms with Crippen LogP contribution in [0.3, 0.4) is 0 Å². The van der Waals surface area contributed by atoms with Gasteiger partial charge in [0.25, 0.3) is 11.5 Å². The van der Waals surface area contributed by atoms with E-state index < -0.39 is 41.8 Å². The molecular formula is C15H20N6O6. The molecule has 0 unspecified atom stereocenters. The number of aromatic nitrogens is 4. The van der Waals surface area contributed by atoms with Gasteiger partial charge < -0.3 is 14.6 Å². The van der Waals surface area contributed by atoms with Crippen molar-refractivity contribution in [2.45, 2.75) is 26.5 Å². The van der Waals surface area contributed by atoms with Gasteiger partial charge in [-0.1, -0.05) is 0 Å². The lowest BCUT2D eigenvalue weighted by Gasteiger charge is -2.13. The summed E-state index contributed by atoms with van der Waals surface area (Å²) in [7, 11) is 2.76. The highest BCUT2D eigenvalue weighted by atomic mass is 16.5. The van der Waals surface area contributed by atoms with Gasteiger partial charge in [-0.05, 0) is 13.8 Å². The van der Waals surface area contributed by atoms with Crippen molar-refractivity contribution in [3.05, 3.63) is 27.2 Å². The van der Waals surface area contributed by atoms with Gasteiger partial charge in [-0.2, -0.15) is 0 Å². The molecule has 0 aromatic carbocycles. The van der Waals surface area contributed by atoms with Crippen molar-refractivity contribution < 1.29 is 19.1 Å². The Balaban J connectivity index is 2.15. The van der Waals surface area contributed by atoms with E-state index in [-0.39, 0.29) is 11.2 Å². The molecule has 1 atom stereocenters. The molecule has 2 aromatic heterocycles. The summed E-state index contributed by atoms with van der Waals surface area (Å²) in [5.74, 6) is -1.60. The summed E-state index contributed by atoms with van der Waals surface area (Å²) in [6.45, 7) is 2.92. The quantitative estimate of drug-likeness (QED) is 0.583. The average molecular weight is 380 g/mol. The third-order valence-electron chi connectivity index (χ3n) is 3.77. The van der Waals surface area contributed by atoms with Gasteiger partial charge in [0.05, 0.1) is 6.33 Å². The van der Waals surface area contributed by atoms with E-state index in [1.807, 2.05) is 5.32 Å². The molecule has 0 aliphatic rings. The summed E-state index contributed by atoms with van der Waals surface area (Å²) in [5, 5.41) is 4.40. The van der Waals surface area contributed by atoms with Crippen molar-refractivity contribution in [3.63, 3.8) is 0 Å². The molecule has 2 aromatic rings. The van der Waals surface area contributed by atoms with Crippen LogP contribution in [-0.2, 0) is 35.0 Å². The van der Waals surface area contributed by atoms with E-state index in [2.05, 4.69) is 10.3 Å². The summed E-state index contributed by atoms with van der Waals surface area (Å²) in [6.07, 6.45) is 0.00808. The van der Waals surface area contributed by atoms with Crippen LogP contribution >= 0.6 is 0 Å². The second-order valence-electron chi connectivity index (χ2n) is 5.73. The van der Waals surface area contributed by atoms with Crippen LogP contribution in [0.4, 0.5) is 4.79 Å². The minimum Gasteiger partial charge on any atom is -0.451 e. The molecule has 2 N–H and O–H groups in total. The van der Waals surface area contributed by atoms with Crippen molar-refractivity contribution in [3.8, 4) is 0 Å². The number of esters is 1. The van der Waals surface area contributed by atoms with Crippen molar-refractivity contribution in [2.75, 3.05) is 6.54 Å². The number of fused-ring (bicyclic) bond motifs is 1. The third-order valence-corrected chi connectivity index (χ3v) is 3.77. The van der Waals surface area contributed by atoms with Gasteiger partial charge in [0.1, 0.15) is 6.54 Å². The largest absolute Gasteiger partial charge is 0.451 e. The number of carbonyl (C=O) groups is 3. The molecule has 27 heavy (non-hydrogen) atoms. The molecule has 0 saturated carbocycles. The summed E-state index contributed by atoms with van der Waals surface area (Å²) in [4.78, 5) is 63.4. The summed E-state index contributed by atoms with van der Waals surface area (Å²) < 4.78 is 8.29. The lowest BCUT2D eigenvalue weighted by atomic mass is 10.4. The summed E-state index contributed by atoms with van der Waals surface area (Å²) in [5.41, 5.74) is -0.981. The molecular weight excluding hydrogens is 360 g/mol. The van der Waals surface area contributed by atoms with Crippen LogP contribution in [0.2, 0.25) is 0 Å². The van der Waals surface area contributed by atoms with Crippen molar-refractivity contribution in [1.82, 2.24) is 29.3 Å². The number of amides is 3. The molecule has 0 radical (unpaired) electrons. The first-order chi connectivity index (χ1) is 12.7. The van der Waals surface area contributed by atoms with Crippen molar-refractivity contribution >= 4 is 29.1 Å². The SMILES string of the molecule is CCNC(=O)NC(=O)[C@@H](C)OC(=O)Cn1cnc2c1c(=O)n(C)c(=O)n2C. The van der Waals surface area contributed by atoms with Crippen LogP contribution < -0.4 is 21.9 Å². The van der Waals surface area contributed by atoms with E-state index in [4.69, 9.17) is 4.74 Å². The maximum Gasteiger partial charge on any atom is 0.332 e. The molecule has 0 aliphatic carbocycles. The molecule has 2 heterocycles. The highest BCUT2D eigenvalue weighted by Gasteiger charge is 2.21. The molecule has 0 fully saturated rings. The Hall–Kier alpha value is -3.44. The van der Waals surface area contributed by atoms with E-state index in [0.29, 0.717) is 6.54 Å². The minimum atomic E-state index is -1.22. The Morgan fingerprint density at radius 1 is 1.22 bits per heavy atom. The van der Waals surface area contributed by atoms with Gasteiger partial charge in [-0.3, -0.25) is 28.8 Å². The number of ether oxygens (including phenoxy) is 1. The Bertz CT molecular complexity index is 1020. The first-order valence-electron chi connectivity index (χ1n) is 8.06. The predicted molar refractivity (Wildman–Crippen MR) is 93.0 cm³/mol. The Labute approximate surface area is 152 Å². The van der Waals surface area contributed by atoms with E-state index in [1.54, 1.807) is 6.92 Å². The van der Waals surface area contributed by atoms with Gasteiger partial charge in [0.15, 0.2) is 17.3 Å². The molecule has 0 spiro atoms. The minimum absolute atomic E-state index is 0.0518. The second kappa shape index (κ2) is 7.85. The number of nitrogens with zero attached hydrogens (tertiary/aromatic N) is 4. The average Bonchev–Trinajstić information content (AvgIpc) is 3.01. The fourth-order valence-corrected chi connectivity index (χ4v) is 2.36. The molecule has 3 amide bonds. The van der Waals surface area contributed by atoms with E-state index >= 15 is 0 Å². The normalized spacial score (nSPS) is 11.9. The molecule has 12 heteroatoms. The van der Waals surface area contributed by atoms with Crippen LogP contribution in [-0.4, -0.2) is 49.2 Å². The van der Waals surface area contributed by atoms with Gasteiger partial charge in [0, 0.05) is 20.6 Å². The number of imidazole rings is 1. The Morgan fingerprint density at radius 3 is 2.52 bits per heavy atom. The van der Waals surface area contributed by atoms with E-state index in [9.17, 15) is 24.0 Å². The molecule has 146 valence electrons. The number of hydrogen-bond donors (Lipinski definition) is 2. The number of urea groups is 1. The fourth-order valence-electron chi connectivity index (χ4n) is 2.36. The van der Waals surface area contributed by atoms with Gasteiger partial charge in [-0.25, -0.2) is 14.6 Å². The Kier molecular flexibility index (Phi) is 5.78. The zero-order chi connectivity index (χ0) is 20.3. The van der Waals surface area contributed by atoms with Gasteiger partial charge >= 0.3 is 17.7 Å². The highest BCUT2D eigenvalue weighted by Crippen LogP contribution is 2.06. The van der Waals surface area contributed by atoms with Crippen LogP contribution in [0, 0.1) is 0 Å². The van der Waals surface area contributed by atoms with E-state index in [1.165, 1.54) is 36.5 Å². The first-order valence-corrected chi connectivity index (χ1v) is 8.06. The van der Waals surface area contributed by atoms with Crippen molar-refractivity contribution in [1.29, 1.82) is 0 Å². The molecule has 2 rings (SSSR count). The van der Waals surface area contributed by atoms with Crippen molar-refractivity contribution in [2.24, 2.45) is 14.1 Å². The standard InChI is InChI=1S/C15H20N6O6/c1-5-16-14(25)18-12(23)8(2)27-9(22)6-21-7-17-11-10(21)13(24)20(4)15(26)19(11)3/h7-8H,5-6H2,1-4H3,(H2,16,18,23,25)/t8-/m1/s1. The second-order valence-corrected chi connectivity index (χ2v) is 5.73. The Morgan fingerprint density at radius 2 is 1.89 bits per heavy atom. The van der Waals surface area contributed by atoms with Crippen LogP contribution in [0.5, 0.6) is 0 Å². The number of rotatable bonds is 5. The zero-order valence-electron chi connectivity index (χ0n) is 15.3. The maximum atomic E-state index is 12.3. The number of carbonyl (C=O) groups excluding carboxylic acids is 3. The fraction of sp³-hybridized carbons (Fsp3) is 0.467. The lowest BCUT2D eigenvalue weighted by Crippen LogP contribution is -2.44. The smallest absolute Gasteiger partial charge is 0.332 e. The summed E-state index contributed by atoms with van der Waals surface area (Å²) in [6, 6.07) is -0.699. The summed E-state index contributed by atoms with van der Waals surface area (Å²) >= 11 is 0. The maximum absolute atomic E-state index is 12.3. The molecule has 12 nitrogen and oxygen atoms in total. The molecule has 0 saturated heterocycles. The topological polar surface area (TPSA) is 146 Å². The molecule has 0 bridgehead atoms. The number of aryl methyl sites for hydroxylation is 1. The van der Waals surface area contributed by atoms with Crippen LogP contribution in [0.1, 0.15) is 13.8 Å².